The van der Waals surface area contributed by atoms with Crippen molar-refractivity contribution in [3.8, 4) is 0 Å². The highest BCUT2D eigenvalue weighted by atomic mass is 16.4. The smallest absolute Gasteiger partial charge is 0.317 e. The van der Waals surface area contributed by atoms with Gasteiger partial charge < -0.3 is 10.0 Å². The van der Waals surface area contributed by atoms with E-state index < -0.39 is 5.97 Å². The van der Waals surface area contributed by atoms with Crippen molar-refractivity contribution in [3.63, 3.8) is 0 Å². The third-order valence-electron chi connectivity index (χ3n) is 1.73. The molecule has 0 aromatic carbocycles. The molecule has 0 unspecified atom stereocenters. The highest BCUT2D eigenvalue weighted by Crippen LogP contribution is 1.89. The van der Waals surface area contributed by atoms with E-state index in [4.69, 9.17) is 19.0 Å². The van der Waals surface area contributed by atoms with Gasteiger partial charge >= 0.3 is 5.97 Å². The number of aliphatic carboxylic acids is 1. The molecule has 74 valence electrons. The van der Waals surface area contributed by atoms with E-state index in [1.807, 2.05) is 11.9 Å². The fraction of sp³-hybridized carbons (Fsp3) is 0.667. The van der Waals surface area contributed by atoms with Gasteiger partial charge in [0.15, 0.2) is 0 Å². The third-order valence-corrected chi connectivity index (χ3v) is 1.73. The minimum atomic E-state index is -0.860. The van der Waals surface area contributed by atoms with Crippen LogP contribution in [0.1, 0.15) is 0 Å². The summed E-state index contributed by atoms with van der Waals surface area (Å²) in [6.45, 7) is 12.8. The van der Waals surface area contributed by atoms with Gasteiger partial charge in [-0.3, -0.25) is 9.69 Å². The highest BCUT2D eigenvalue weighted by molar-refractivity contribution is 5.69. The lowest BCUT2D eigenvalue weighted by atomic mass is 10.4. The van der Waals surface area contributed by atoms with E-state index in [-0.39, 0.29) is 13.1 Å². The Morgan fingerprint density at radius 3 is 2.31 bits per heavy atom. The molecule has 0 aliphatic carbocycles. The summed E-state index contributed by atoms with van der Waals surface area (Å²) >= 11 is 0. The zero-order valence-electron chi connectivity index (χ0n) is 7.94. The molecule has 0 aliphatic heterocycles. The van der Waals surface area contributed by atoms with Crippen LogP contribution in [0.2, 0.25) is 0 Å². The number of carbonyl (C=O) groups is 1. The van der Waals surface area contributed by atoms with Crippen molar-refractivity contribution < 1.29 is 9.90 Å². The lowest BCUT2D eigenvalue weighted by molar-refractivity contribution is -0.138. The minimum absolute atomic E-state index is 0.0189. The normalized spacial score (nSPS) is 11.2. The van der Waals surface area contributed by atoms with Crippen molar-refractivity contribution in [2.24, 2.45) is 0 Å². The molecular formula is C9H16N2O2. The molecule has 0 heterocycles. The van der Waals surface area contributed by atoms with Gasteiger partial charge in [-0.15, -0.1) is 0 Å². The van der Waals surface area contributed by atoms with Crippen LogP contribution in [-0.4, -0.2) is 60.6 Å². The first-order valence-corrected chi connectivity index (χ1v) is 4.13. The molecule has 0 rings (SSSR count). The van der Waals surface area contributed by atoms with E-state index in [1.165, 1.54) is 0 Å². The van der Waals surface area contributed by atoms with Crippen LogP contribution in [0.25, 0.3) is 0 Å². The van der Waals surface area contributed by atoms with Crippen molar-refractivity contribution in [1.29, 1.82) is 0 Å². The molecule has 0 spiro atoms. The van der Waals surface area contributed by atoms with E-state index >= 15 is 0 Å². The Morgan fingerprint density at radius 2 is 1.92 bits per heavy atom. The van der Waals surface area contributed by atoms with Gasteiger partial charge in [0.1, 0.15) is 0 Å². The second-order valence-electron chi connectivity index (χ2n) is 2.89. The summed E-state index contributed by atoms with van der Waals surface area (Å²) in [5.41, 5.74) is 0. The average molecular weight is 184 g/mol. The second kappa shape index (κ2) is 6.86. The predicted molar refractivity (Wildman–Crippen MR) is 50.2 cm³/mol. The molecule has 0 saturated heterocycles. The molecule has 0 fully saturated rings. The quantitative estimate of drug-likeness (QED) is 0.591. The predicted octanol–water partition coefficient (Wildman–Crippen LogP) is -0.273. The van der Waals surface area contributed by atoms with E-state index in [0.29, 0.717) is 13.1 Å². The monoisotopic (exact) mass is 184 g/mol. The third kappa shape index (κ3) is 6.54. The van der Waals surface area contributed by atoms with Crippen molar-refractivity contribution in [3.05, 3.63) is 13.8 Å². The SMILES string of the molecule is [CH]CN(C)CCN(C[CH])CC(=O)O. The number of hydrogen-bond donors (Lipinski definition) is 1. The molecule has 0 saturated carbocycles. The zero-order valence-corrected chi connectivity index (χ0v) is 7.94. The standard InChI is InChI=1S/C9H16N2O2/c1-4-10(3)6-7-11(5-2)8-9(12)13/h1-2H,4-8H2,3H3,(H,12,13). The summed E-state index contributed by atoms with van der Waals surface area (Å²) in [6, 6.07) is 0. The zero-order chi connectivity index (χ0) is 10.3. The molecule has 0 aromatic rings. The number of hydrogen-bond acceptors (Lipinski definition) is 3. The van der Waals surface area contributed by atoms with Gasteiger partial charge in [0.05, 0.1) is 6.54 Å². The summed E-state index contributed by atoms with van der Waals surface area (Å²) in [5.74, 6) is -0.860. The summed E-state index contributed by atoms with van der Waals surface area (Å²) < 4.78 is 0. The van der Waals surface area contributed by atoms with Gasteiger partial charge in [-0.05, 0) is 20.9 Å². The molecule has 0 amide bonds. The fourth-order valence-electron chi connectivity index (χ4n) is 0.830. The Morgan fingerprint density at radius 1 is 1.31 bits per heavy atom. The molecular weight excluding hydrogens is 168 g/mol. The van der Waals surface area contributed by atoms with Crippen molar-refractivity contribution in [2.45, 2.75) is 0 Å². The van der Waals surface area contributed by atoms with Crippen molar-refractivity contribution in [2.75, 3.05) is 39.8 Å². The largest absolute Gasteiger partial charge is 0.480 e. The van der Waals surface area contributed by atoms with Crippen molar-refractivity contribution in [1.82, 2.24) is 9.80 Å². The second-order valence-corrected chi connectivity index (χ2v) is 2.89. The van der Waals surface area contributed by atoms with Crippen LogP contribution in [0.5, 0.6) is 0 Å². The van der Waals surface area contributed by atoms with E-state index in [0.717, 1.165) is 6.54 Å². The van der Waals surface area contributed by atoms with Crippen LogP contribution in [0.15, 0.2) is 0 Å². The number of carboxylic acid groups (broad SMARTS) is 1. The first-order chi connectivity index (χ1) is 6.10. The van der Waals surface area contributed by atoms with Crippen LogP contribution in [0.3, 0.4) is 0 Å². The Kier molecular flexibility index (Phi) is 6.54. The number of rotatable bonds is 7. The lowest BCUT2D eigenvalue weighted by Crippen LogP contribution is -2.36. The first kappa shape index (κ1) is 12.4. The molecule has 4 radical (unpaired) electrons. The lowest BCUT2D eigenvalue weighted by Gasteiger charge is -2.21. The van der Waals surface area contributed by atoms with Crippen LogP contribution in [0.4, 0.5) is 0 Å². The number of nitrogens with zero attached hydrogens (tertiary/aromatic N) is 2. The first-order valence-electron chi connectivity index (χ1n) is 4.13. The average Bonchev–Trinajstić information content (AvgIpc) is 2.10. The summed E-state index contributed by atoms with van der Waals surface area (Å²) in [4.78, 5) is 13.9. The fourth-order valence-corrected chi connectivity index (χ4v) is 0.830. The van der Waals surface area contributed by atoms with Gasteiger partial charge in [-0.25, -0.2) is 0 Å². The molecule has 0 aromatic heterocycles. The molecule has 1 N–H and O–H groups in total. The Hall–Kier alpha value is -0.610. The maximum absolute atomic E-state index is 10.3. The van der Waals surface area contributed by atoms with Crippen LogP contribution < -0.4 is 0 Å². The summed E-state index contributed by atoms with van der Waals surface area (Å²) in [7, 11) is 1.87. The Bertz CT molecular complexity index is 151. The topological polar surface area (TPSA) is 43.8 Å². The van der Waals surface area contributed by atoms with Crippen LogP contribution >= 0.6 is 0 Å². The number of likely N-dealkylation sites (N-methyl/N-ethyl adjacent to an activating group) is 1. The molecule has 13 heavy (non-hydrogen) atoms. The molecule has 0 aliphatic rings. The van der Waals surface area contributed by atoms with E-state index in [2.05, 4.69) is 0 Å². The van der Waals surface area contributed by atoms with Gasteiger partial charge in [-0.1, -0.05) is 0 Å². The van der Waals surface area contributed by atoms with Crippen LogP contribution in [0, 0.1) is 13.8 Å². The van der Waals surface area contributed by atoms with Gasteiger partial charge in [0.2, 0.25) is 0 Å². The molecule has 0 bridgehead atoms. The van der Waals surface area contributed by atoms with Crippen LogP contribution in [-0.2, 0) is 4.79 Å². The number of carboxylic acids is 1. The van der Waals surface area contributed by atoms with E-state index in [1.54, 1.807) is 4.90 Å². The maximum atomic E-state index is 10.3. The molecule has 4 nitrogen and oxygen atoms in total. The molecule has 4 heteroatoms. The van der Waals surface area contributed by atoms with Gasteiger partial charge in [0.25, 0.3) is 0 Å². The highest BCUT2D eigenvalue weighted by Gasteiger charge is 2.07. The Balaban J connectivity index is 3.65. The van der Waals surface area contributed by atoms with Crippen molar-refractivity contribution >= 4 is 5.97 Å². The minimum Gasteiger partial charge on any atom is -0.480 e. The molecule has 0 atom stereocenters. The summed E-state index contributed by atoms with van der Waals surface area (Å²) in [5, 5.41) is 8.50. The van der Waals surface area contributed by atoms with E-state index in [9.17, 15) is 4.79 Å². The summed E-state index contributed by atoms with van der Waals surface area (Å²) in [6.07, 6.45) is 0. The maximum Gasteiger partial charge on any atom is 0.317 e. The Labute approximate surface area is 80.1 Å². The van der Waals surface area contributed by atoms with Gasteiger partial charge in [0, 0.05) is 26.2 Å². The van der Waals surface area contributed by atoms with Gasteiger partial charge in [-0.2, -0.15) is 0 Å².